The van der Waals surface area contributed by atoms with E-state index in [-0.39, 0.29) is 11.9 Å². The standard InChI is InChI=1S/C20H31N3O3S/c1-15-7-4-5-11-22(15)12-6-10-21-20(24)17-8-9-19-18(14-17)13-16(2)23(19)27(3,25)26/h8-9,14-16H,4-7,10-13H2,1-3H3,(H,21,24). The first-order valence-corrected chi connectivity index (χ1v) is 11.8. The zero-order valence-corrected chi connectivity index (χ0v) is 17.4. The number of fused-ring (bicyclic) bond motifs is 1. The van der Waals surface area contributed by atoms with Crippen molar-refractivity contribution < 1.29 is 13.2 Å². The number of hydrogen-bond acceptors (Lipinski definition) is 4. The summed E-state index contributed by atoms with van der Waals surface area (Å²) in [5, 5.41) is 3.00. The first kappa shape index (κ1) is 20.1. The smallest absolute Gasteiger partial charge is 0.251 e. The lowest BCUT2D eigenvalue weighted by Crippen LogP contribution is -2.39. The van der Waals surface area contributed by atoms with Crippen LogP contribution in [0.15, 0.2) is 18.2 Å². The monoisotopic (exact) mass is 393 g/mol. The van der Waals surface area contributed by atoms with E-state index >= 15 is 0 Å². The van der Waals surface area contributed by atoms with Crippen molar-refractivity contribution in [2.75, 3.05) is 30.2 Å². The molecule has 0 saturated carbocycles. The van der Waals surface area contributed by atoms with Crippen LogP contribution in [0.25, 0.3) is 0 Å². The summed E-state index contributed by atoms with van der Waals surface area (Å²) in [4.78, 5) is 15.0. The molecule has 1 amide bonds. The van der Waals surface area contributed by atoms with E-state index in [4.69, 9.17) is 0 Å². The normalized spacial score (nSPS) is 23.3. The van der Waals surface area contributed by atoms with Crippen LogP contribution in [0.5, 0.6) is 0 Å². The molecule has 0 aromatic heterocycles. The summed E-state index contributed by atoms with van der Waals surface area (Å²) in [6.45, 7) is 7.01. The van der Waals surface area contributed by atoms with Crippen molar-refractivity contribution in [3.8, 4) is 0 Å². The van der Waals surface area contributed by atoms with Crippen LogP contribution in [0.4, 0.5) is 5.69 Å². The molecule has 3 rings (SSSR count). The Morgan fingerprint density at radius 2 is 2.00 bits per heavy atom. The molecule has 1 aromatic rings. The van der Waals surface area contributed by atoms with Gasteiger partial charge in [0.25, 0.3) is 5.91 Å². The van der Waals surface area contributed by atoms with Crippen molar-refractivity contribution >= 4 is 21.6 Å². The first-order valence-electron chi connectivity index (χ1n) is 9.92. The highest BCUT2D eigenvalue weighted by atomic mass is 32.2. The highest BCUT2D eigenvalue weighted by molar-refractivity contribution is 7.92. The van der Waals surface area contributed by atoms with Crippen LogP contribution in [0, 0.1) is 0 Å². The Morgan fingerprint density at radius 1 is 1.22 bits per heavy atom. The lowest BCUT2D eigenvalue weighted by Gasteiger charge is -2.33. The van der Waals surface area contributed by atoms with Crippen molar-refractivity contribution in [2.24, 2.45) is 0 Å². The molecular formula is C20H31N3O3S. The number of amides is 1. The molecule has 0 bridgehead atoms. The largest absolute Gasteiger partial charge is 0.352 e. The Labute approximate surface area is 163 Å². The molecule has 150 valence electrons. The summed E-state index contributed by atoms with van der Waals surface area (Å²) in [6, 6.07) is 5.84. The van der Waals surface area contributed by atoms with Gasteiger partial charge in [-0.05, 0) is 69.8 Å². The molecule has 1 aromatic carbocycles. The summed E-state index contributed by atoms with van der Waals surface area (Å²) < 4.78 is 25.4. The Bertz CT molecular complexity index is 794. The molecule has 6 nitrogen and oxygen atoms in total. The number of nitrogens with one attached hydrogen (secondary N) is 1. The van der Waals surface area contributed by atoms with Gasteiger partial charge in [0.1, 0.15) is 0 Å². The van der Waals surface area contributed by atoms with Gasteiger partial charge in [-0.2, -0.15) is 0 Å². The van der Waals surface area contributed by atoms with Crippen molar-refractivity contribution in [1.29, 1.82) is 0 Å². The van der Waals surface area contributed by atoms with E-state index in [1.54, 1.807) is 12.1 Å². The van der Waals surface area contributed by atoms with E-state index in [9.17, 15) is 13.2 Å². The van der Waals surface area contributed by atoms with Crippen molar-refractivity contribution in [3.63, 3.8) is 0 Å². The fourth-order valence-electron chi connectivity index (χ4n) is 4.33. The van der Waals surface area contributed by atoms with Gasteiger partial charge in [0.15, 0.2) is 0 Å². The summed E-state index contributed by atoms with van der Waals surface area (Å²) in [7, 11) is -3.30. The van der Waals surface area contributed by atoms with Gasteiger partial charge in [-0.25, -0.2) is 8.42 Å². The molecule has 2 aliphatic heterocycles. The third kappa shape index (κ3) is 4.63. The minimum absolute atomic E-state index is 0.0880. The second-order valence-corrected chi connectivity index (χ2v) is 9.81. The first-order chi connectivity index (χ1) is 12.8. The predicted octanol–water partition coefficient (Wildman–Crippen LogP) is 2.39. The molecule has 1 saturated heterocycles. The number of anilines is 1. The van der Waals surface area contributed by atoms with Gasteiger partial charge in [-0.15, -0.1) is 0 Å². The average molecular weight is 394 g/mol. The Hall–Kier alpha value is -1.60. The molecule has 0 radical (unpaired) electrons. The number of piperidine rings is 1. The number of rotatable bonds is 6. The maximum absolute atomic E-state index is 12.5. The third-order valence-corrected chi connectivity index (χ3v) is 6.97. The van der Waals surface area contributed by atoms with Gasteiger partial charge < -0.3 is 10.2 Å². The van der Waals surface area contributed by atoms with Crippen molar-refractivity contribution in [3.05, 3.63) is 29.3 Å². The van der Waals surface area contributed by atoms with Crippen LogP contribution in [0.2, 0.25) is 0 Å². The van der Waals surface area contributed by atoms with E-state index in [2.05, 4.69) is 17.1 Å². The molecule has 1 N–H and O–H groups in total. The van der Waals surface area contributed by atoms with Crippen LogP contribution in [-0.2, 0) is 16.4 Å². The zero-order chi connectivity index (χ0) is 19.6. The zero-order valence-electron chi connectivity index (χ0n) is 16.6. The molecule has 2 unspecified atom stereocenters. The number of benzene rings is 1. The molecule has 7 heteroatoms. The van der Waals surface area contributed by atoms with Gasteiger partial charge in [0, 0.05) is 30.7 Å². The number of sulfonamides is 1. The molecule has 2 atom stereocenters. The lowest BCUT2D eigenvalue weighted by molar-refractivity contribution is 0.0949. The van der Waals surface area contributed by atoms with Crippen molar-refractivity contribution in [1.82, 2.24) is 10.2 Å². The number of hydrogen-bond donors (Lipinski definition) is 1. The van der Waals surface area contributed by atoms with Gasteiger partial charge >= 0.3 is 0 Å². The van der Waals surface area contributed by atoms with E-state index in [0.29, 0.717) is 30.3 Å². The van der Waals surface area contributed by atoms with Crippen LogP contribution in [0.1, 0.15) is 55.5 Å². The van der Waals surface area contributed by atoms with E-state index in [0.717, 1.165) is 25.1 Å². The van der Waals surface area contributed by atoms with Crippen LogP contribution in [0.3, 0.4) is 0 Å². The highest BCUT2D eigenvalue weighted by Crippen LogP contribution is 2.34. The second-order valence-electron chi connectivity index (χ2n) is 7.95. The van der Waals surface area contributed by atoms with E-state index in [1.807, 2.05) is 13.0 Å². The summed E-state index contributed by atoms with van der Waals surface area (Å²) in [5.41, 5.74) is 2.21. The molecule has 1 fully saturated rings. The molecule has 2 heterocycles. The molecule has 2 aliphatic rings. The Balaban J connectivity index is 1.55. The minimum Gasteiger partial charge on any atom is -0.352 e. The Morgan fingerprint density at radius 3 is 2.70 bits per heavy atom. The van der Waals surface area contributed by atoms with Gasteiger partial charge in [-0.1, -0.05) is 6.42 Å². The molecular weight excluding hydrogens is 362 g/mol. The summed E-state index contributed by atoms with van der Waals surface area (Å²) in [5.74, 6) is -0.0880. The SMILES string of the molecule is CC1CCCCN1CCCNC(=O)c1ccc2c(c1)CC(C)N2S(C)(=O)=O. The number of nitrogens with zero attached hydrogens (tertiary/aromatic N) is 2. The Kier molecular flexibility index (Phi) is 6.11. The van der Waals surface area contributed by atoms with Gasteiger partial charge in [0.2, 0.25) is 10.0 Å². The molecule has 0 spiro atoms. The van der Waals surface area contributed by atoms with Crippen molar-refractivity contribution in [2.45, 2.75) is 58.0 Å². The van der Waals surface area contributed by atoms with Crippen LogP contribution >= 0.6 is 0 Å². The number of carbonyl (C=O) groups excluding carboxylic acids is 1. The minimum atomic E-state index is -3.30. The molecule has 0 aliphatic carbocycles. The highest BCUT2D eigenvalue weighted by Gasteiger charge is 2.32. The topological polar surface area (TPSA) is 69.7 Å². The lowest BCUT2D eigenvalue weighted by atomic mass is 10.0. The molecule has 27 heavy (non-hydrogen) atoms. The van der Waals surface area contributed by atoms with Crippen LogP contribution < -0.4 is 9.62 Å². The van der Waals surface area contributed by atoms with Crippen LogP contribution in [-0.4, -0.2) is 57.2 Å². The van der Waals surface area contributed by atoms with Gasteiger partial charge in [-0.3, -0.25) is 9.10 Å². The third-order valence-electron chi connectivity index (χ3n) is 5.70. The maximum atomic E-state index is 12.5. The predicted molar refractivity (Wildman–Crippen MR) is 109 cm³/mol. The van der Waals surface area contributed by atoms with E-state index < -0.39 is 10.0 Å². The summed E-state index contributed by atoms with van der Waals surface area (Å²) in [6.07, 6.45) is 6.67. The quantitative estimate of drug-likeness (QED) is 0.754. The fourth-order valence-corrected chi connectivity index (χ4v) is 5.59. The number of carbonyl (C=O) groups is 1. The maximum Gasteiger partial charge on any atom is 0.251 e. The van der Waals surface area contributed by atoms with Gasteiger partial charge in [0.05, 0.1) is 11.9 Å². The summed E-state index contributed by atoms with van der Waals surface area (Å²) >= 11 is 0. The van der Waals surface area contributed by atoms with E-state index in [1.165, 1.54) is 29.8 Å². The fraction of sp³-hybridized carbons (Fsp3) is 0.650. The number of likely N-dealkylation sites (tertiary alicyclic amines) is 1. The second kappa shape index (κ2) is 8.19. The average Bonchev–Trinajstić information content (AvgIpc) is 2.94.